The van der Waals surface area contributed by atoms with Crippen LogP contribution in [0.15, 0.2) is 141 Å². The highest BCUT2D eigenvalue weighted by Crippen LogP contribution is 2.45. The second kappa shape index (κ2) is 18.5. The molecule has 0 amide bonds. The van der Waals surface area contributed by atoms with E-state index in [9.17, 15) is 0 Å². The highest BCUT2D eigenvalue weighted by molar-refractivity contribution is 6.74. The van der Waals surface area contributed by atoms with Crippen LogP contribution >= 0.6 is 0 Å². The molecule has 0 aromatic heterocycles. The Kier molecular flexibility index (Phi) is 13.5. The third-order valence-corrected chi connectivity index (χ3v) is 21.3. The van der Waals surface area contributed by atoms with Crippen molar-refractivity contribution in [2.45, 2.75) is 89.3 Å². The van der Waals surface area contributed by atoms with E-state index in [-0.39, 0.29) is 10.1 Å². The molecule has 0 aliphatic carbocycles. The summed E-state index contributed by atoms with van der Waals surface area (Å²) in [5.74, 6) is 3.72. The standard InChI is InChI=1S/C52H62N4O8Si2/c1-49(2,3)65(11,12)63-61-51(39-23-31-43(59-9)32-24-39)45(35-19-27-41(57-7)28-20-35)53-47(55-51)37-15-17-38(18-16-37)48-54-46(36-21-29-42(58-8)30-22-36)52(56-48,40-25-33-44(60-10)34-26-40)62-64-66(13,14)50(4,5)6/h15-34H,1-14H3. The fraction of sp³-hybridized carbons (Fsp3) is 0.346. The molecule has 2 atom stereocenters. The van der Waals surface area contributed by atoms with E-state index in [2.05, 4.69) is 67.7 Å². The minimum absolute atomic E-state index is 0.155. The molecule has 5 aromatic carbocycles. The Bertz CT molecular complexity index is 2450. The highest BCUT2D eigenvalue weighted by Gasteiger charge is 2.51. The molecule has 66 heavy (non-hydrogen) atoms. The zero-order valence-corrected chi connectivity index (χ0v) is 42.6. The molecule has 0 N–H and O–H groups in total. The predicted molar refractivity (Wildman–Crippen MR) is 267 cm³/mol. The Morgan fingerprint density at radius 2 is 0.636 bits per heavy atom. The smallest absolute Gasteiger partial charge is 0.261 e. The van der Waals surface area contributed by atoms with Gasteiger partial charge in [0.25, 0.3) is 11.4 Å². The number of amidine groups is 2. The summed E-state index contributed by atoms with van der Waals surface area (Å²) in [5, 5.41) is -0.309. The fourth-order valence-corrected chi connectivity index (χ4v) is 7.85. The lowest BCUT2D eigenvalue weighted by Crippen LogP contribution is -2.45. The first-order chi connectivity index (χ1) is 31.2. The van der Waals surface area contributed by atoms with Gasteiger partial charge in [0, 0.05) is 33.4 Å². The molecule has 0 radical (unpaired) electrons. The molecular weight excluding hydrogens is 865 g/mol. The molecule has 14 heteroatoms. The lowest BCUT2D eigenvalue weighted by Gasteiger charge is -2.38. The zero-order chi connectivity index (χ0) is 47.7. The van der Waals surface area contributed by atoms with Gasteiger partial charge in [-0.15, -0.1) is 0 Å². The second-order valence-corrected chi connectivity index (χ2v) is 28.8. The van der Waals surface area contributed by atoms with Gasteiger partial charge in [-0.05, 0) is 133 Å². The van der Waals surface area contributed by atoms with Gasteiger partial charge >= 0.3 is 0 Å². The monoisotopic (exact) mass is 926 g/mol. The maximum Gasteiger partial charge on any atom is 0.261 e. The van der Waals surface area contributed by atoms with Crippen LogP contribution in [0.1, 0.15) is 74.9 Å². The highest BCUT2D eigenvalue weighted by atomic mass is 28.4. The molecule has 346 valence electrons. The van der Waals surface area contributed by atoms with Crippen molar-refractivity contribution in [3.8, 4) is 23.0 Å². The van der Waals surface area contributed by atoms with E-state index in [0.717, 1.165) is 33.4 Å². The van der Waals surface area contributed by atoms with Gasteiger partial charge in [0.15, 0.2) is 11.7 Å². The van der Waals surface area contributed by atoms with Gasteiger partial charge in [-0.2, -0.15) is 0 Å². The summed E-state index contributed by atoms with van der Waals surface area (Å²) in [6.07, 6.45) is 0. The molecule has 0 saturated heterocycles. The van der Waals surface area contributed by atoms with Gasteiger partial charge < -0.3 is 18.9 Å². The van der Waals surface area contributed by atoms with Crippen LogP contribution in [-0.2, 0) is 30.4 Å². The third kappa shape index (κ3) is 9.44. The molecule has 2 aliphatic rings. The SMILES string of the molecule is COc1ccc(C2=NC(c3ccc(C4=NC(OO[Si](C)(C)C(C)(C)C)(c5ccc(OC)cc5)C(c5ccc(OC)cc5)=N4)cc3)=NC2(OO[Si](C)(C)C(C)(C)C)c2ccc(OC)cc2)cc1. The summed E-state index contributed by atoms with van der Waals surface area (Å²) in [6.45, 7) is 21.5. The van der Waals surface area contributed by atoms with E-state index in [1.807, 2.05) is 121 Å². The minimum Gasteiger partial charge on any atom is -0.497 e. The Morgan fingerprint density at radius 3 is 0.894 bits per heavy atom. The Balaban J connectivity index is 1.37. The average molecular weight is 927 g/mol. The maximum absolute atomic E-state index is 6.73. The summed E-state index contributed by atoms with van der Waals surface area (Å²) >= 11 is 0. The normalized spacial score (nSPS) is 18.9. The van der Waals surface area contributed by atoms with Crippen LogP contribution in [0.5, 0.6) is 23.0 Å². The lowest BCUT2D eigenvalue weighted by atomic mass is 9.93. The van der Waals surface area contributed by atoms with Crippen molar-refractivity contribution < 1.29 is 37.9 Å². The first kappa shape index (κ1) is 48.2. The van der Waals surface area contributed by atoms with Crippen LogP contribution in [0.4, 0.5) is 0 Å². The molecule has 2 unspecified atom stereocenters. The molecule has 2 aliphatic heterocycles. The van der Waals surface area contributed by atoms with Crippen molar-refractivity contribution >= 4 is 39.7 Å². The number of aliphatic imine (C=N–C) groups is 4. The zero-order valence-electron chi connectivity index (χ0n) is 40.6. The van der Waals surface area contributed by atoms with Crippen LogP contribution in [0.2, 0.25) is 36.3 Å². The molecule has 0 spiro atoms. The van der Waals surface area contributed by atoms with Gasteiger partial charge in [0.1, 0.15) is 34.4 Å². The van der Waals surface area contributed by atoms with Crippen LogP contribution in [0, 0.1) is 0 Å². The third-order valence-electron chi connectivity index (χ3n) is 13.0. The Labute approximate surface area is 391 Å². The van der Waals surface area contributed by atoms with E-state index in [0.29, 0.717) is 46.1 Å². The summed E-state index contributed by atoms with van der Waals surface area (Å²) in [7, 11) is 1.58. The van der Waals surface area contributed by atoms with Crippen molar-refractivity contribution in [2.24, 2.45) is 20.0 Å². The molecule has 0 saturated carbocycles. The number of rotatable bonds is 16. The summed E-state index contributed by atoms with van der Waals surface area (Å²) in [6, 6.07) is 38.6. The van der Waals surface area contributed by atoms with E-state index in [1.165, 1.54) is 0 Å². The largest absolute Gasteiger partial charge is 0.497 e. The number of benzene rings is 5. The van der Waals surface area contributed by atoms with E-state index >= 15 is 0 Å². The van der Waals surface area contributed by atoms with Gasteiger partial charge in [-0.3, -0.25) is 9.15 Å². The van der Waals surface area contributed by atoms with Crippen LogP contribution in [0.25, 0.3) is 0 Å². The van der Waals surface area contributed by atoms with Crippen LogP contribution < -0.4 is 18.9 Å². The van der Waals surface area contributed by atoms with Gasteiger partial charge in [-0.25, -0.2) is 29.7 Å². The topological polar surface area (TPSA) is 123 Å². The van der Waals surface area contributed by atoms with Crippen molar-refractivity contribution in [2.75, 3.05) is 28.4 Å². The van der Waals surface area contributed by atoms with E-state index in [4.69, 9.17) is 57.8 Å². The van der Waals surface area contributed by atoms with Crippen molar-refractivity contribution in [3.63, 3.8) is 0 Å². The molecule has 7 rings (SSSR count). The number of ether oxygens (including phenoxy) is 4. The molecule has 2 heterocycles. The van der Waals surface area contributed by atoms with E-state index in [1.54, 1.807) is 28.4 Å². The lowest BCUT2D eigenvalue weighted by molar-refractivity contribution is -0.282. The number of hydrogen-bond donors (Lipinski definition) is 0. The molecule has 5 aromatic rings. The number of nitrogens with zero attached hydrogens (tertiary/aromatic N) is 4. The quantitative estimate of drug-likeness (QED) is 0.0544. The fourth-order valence-electron chi connectivity index (χ4n) is 6.69. The summed E-state index contributed by atoms with van der Waals surface area (Å²) in [5.41, 5.74) is 2.68. The number of hydrogen-bond acceptors (Lipinski definition) is 12. The van der Waals surface area contributed by atoms with Gasteiger partial charge in [-0.1, -0.05) is 65.8 Å². The number of methoxy groups -OCH3 is 4. The second-order valence-electron chi connectivity index (χ2n) is 19.4. The van der Waals surface area contributed by atoms with E-state index < -0.39 is 28.1 Å². The Hall–Kier alpha value is -5.75. The summed E-state index contributed by atoms with van der Waals surface area (Å²) in [4.78, 5) is 34.7. The van der Waals surface area contributed by atoms with Crippen molar-refractivity contribution in [1.82, 2.24) is 0 Å². The maximum atomic E-state index is 6.73. The summed E-state index contributed by atoms with van der Waals surface area (Å²) < 4.78 is 35.3. The Morgan fingerprint density at radius 1 is 0.379 bits per heavy atom. The molecule has 0 fully saturated rings. The van der Waals surface area contributed by atoms with Gasteiger partial charge in [0.2, 0.25) is 16.6 Å². The first-order valence-corrected chi connectivity index (χ1v) is 27.8. The molecular formula is C52H62N4O8Si2. The van der Waals surface area contributed by atoms with Gasteiger partial charge in [0.05, 0.1) is 28.4 Å². The van der Waals surface area contributed by atoms with Crippen LogP contribution in [-0.4, -0.2) is 68.2 Å². The minimum atomic E-state index is -2.49. The first-order valence-electron chi connectivity index (χ1n) is 22.0. The average Bonchev–Trinajstić information content (AvgIpc) is 3.91. The molecule has 0 bridgehead atoms. The van der Waals surface area contributed by atoms with Crippen molar-refractivity contribution in [1.29, 1.82) is 0 Å². The van der Waals surface area contributed by atoms with Crippen molar-refractivity contribution in [3.05, 3.63) is 155 Å². The predicted octanol–water partition coefficient (Wildman–Crippen LogP) is 11.8. The van der Waals surface area contributed by atoms with Crippen LogP contribution in [0.3, 0.4) is 0 Å². The molecule has 12 nitrogen and oxygen atoms in total.